The molecule has 0 saturated carbocycles. The van der Waals surface area contributed by atoms with Gasteiger partial charge in [0.1, 0.15) is 11.3 Å². The summed E-state index contributed by atoms with van der Waals surface area (Å²) in [7, 11) is 1.47. The Balaban J connectivity index is 2.75. The zero-order chi connectivity index (χ0) is 9.42. The van der Waals surface area contributed by atoms with Gasteiger partial charge in [0.2, 0.25) is 5.28 Å². The van der Waals surface area contributed by atoms with Gasteiger partial charge >= 0.3 is 0 Å². The van der Waals surface area contributed by atoms with Gasteiger partial charge in [0, 0.05) is 12.1 Å². The van der Waals surface area contributed by atoms with Crippen LogP contribution in [0.4, 0.5) is 4.39 Å². The van der Waals surface area contributed by atoms with Crippen molar-refractivity contribution < 1.29 is 9.13 Å². The van der Waals surface area contributed by atoms with E-state index in [4.69, 9.17) is 16.3 Å². The van der Waals surface area contributed by atoms with E-state index in [2.05, 4.69) is 9.97 Å². The zero-order valence-electron chi connectivity index (χ0n) is 6.77. The number of hydrogen-bond acceptors (Lipinski definition) is 2. The molecule has 0 amide bonds. The third-order valence-corrected chi connectivity index (χ3v) is 1.90. The minimum Gasteiger partial charge on any atom is -0.497 e. The zero-order valence-corrected chi connectivity index (χ0v) is 7.52. The van der Waals surface area contributed by atoms with Gasteiger partial charge < -0.3 is 9.72 Å². The van der Waals surface area contributed by atoms with Crippen molar-refractivity contribution in [2.45, 2.75) is 0 Å². The molecule has 0 atom stereocenters. The number of imidazole rings is 1. The number of aromatic nitrogens is 2. The fraction of sp³-hybridized carbons (Fsp3) is 0.125. The number of benzene rings is 1. The first kappa shape index (κ1) is 8.31. The Kier molecular flexibility index (Phi) is 1.84. The van der Waals surface area contributed by atoms with Crippen LogP contribution in [0.2, 0.25) is 5.28 Å². The Bertz CT molecular complexity index is 455. The van der Waals surface area contributed by atoms with Gasteiger partial charge in [0.25, 0.3) is 0 Å². The lowest BCUT2D eigenvalue weighted by atomic mass is 10.3. The SMILES string of the molecule is COc1cc(F)c2nc(Cl)[nH]c2c1. The van der Waals surface area contributed by atoms with Crippen molar-refractivity contribution in [2.24, 2.45) is 0 Å². The molecule has 3 nitrogen and oxygen atoms in total. The fourth-order valence-corrected chi connectivity index (χ4v) is 1.32. The summed E-state index contributed by atoms with van der Waals surface area (Å²) in [6.45, 7) is 0. The molecule has 0 aliphatic heterocycles. The molecule has 13 heavy (non-hydrogen) atoms. The third kappa shape index (κ3) is 1.33. The second kappa shape index (κ2) is 2.88. The van der Waals surface area contributed by atoms with Crippen molar-refractivity contribution in [1.29, 1.82) is 0 Å². The number of rotatable bonds is 1. The second-order valence-electron chi connectivity index (χ2n) is 2.53. The molecule has 1 aromatic carbocycles. The number of ether oxygens (including phenoxy) is 1. The van der Waals surface area contributed by atoms with Crippen molar-refractivity contribution in [3.63, 3.8) is 0 Å². The first-order valence-corrected chi connectivity index (χ1v) is 3.97. The number of halogens is 2. The van der Waals surface area contributed by atoms with Gasteiger partial charge in [-0.2, -0.15) is 0 Å². The van der Waals surface area contributed by atoms with E-state index in [1.807, 2.05) is 0 Å². The molecule has 0 aliphatic carbocycles. The first-order chi connectivity index (χ1) is 6.20. The number of nitrogens with one attached hydrogen (secondary N) is 1. The smallest absolute Gasteiger partial charge is 0.201 e. The van der Waals surface area contributed by atoms with E-state index in [0.29, 0.717) is 11.3 Å². The molecule has 2 aromatic rings. The van der Waals surface area contributed by atoms with Gasteiger partial charge in [0.05, 0.1) is 12.6 Å². The van der Waals surface area contributed by atoms with Gasteiger partial charge in [-0.05, 0) is 11.6 Å². The summed E-state index contributed by atoms with van der Waals surface area (Å²) in [6.07, 6.45) is 0. The predicted molar refractivity (Wildman–Crippen MR) is 47.6 cm³/mol. The van der Waals surface area contributed by atoms with E-state index in [-0.39, 0.29) is 10.8 Å². The molecule has 0 saturated heterocycles. The molecule has 1 aromatic heterocycles. The topological polar surface area (TPSA) is 37.9 Å². The Morgan fingerprint density at radius 3 is 3.00 bits per heavy atom. The monoisotopic (exact) mass is 200 g/mol. The van der Waals surface area contributed by atoms with Crippen molar-refractivity contribution in [3.8, 4) is 5.75 Å². The average molecular weight is 201 g/mol. The van der Waals surface area contributed by atoms with Crippen LogP contribution in [0.1, 0.15) is 0 Å². The van der Waals surface area contributed by atoms with Gasteiger partial charge in [-0.1, -0.05) is 0 Å². The minimum absolute atomic E-state index is 0.169. The number of hydrogen-bond donors (Lipinski definition) is 1. The number of nitrogens with zero attached hydrogens (tertiary/aromatic N) is 1. The van der Waals surface area contributed by atoms with Crippen LogP contribution in [0, 0.1) is 5.82 Å². The second-order valence-corrected chi connectivity index (χ2v) is 2.89. The third-order valence-electron chi connectivity index (χ3n) is 1.72. The highest BCUT2D eigenvalue weighted by Gasteiger charge is 2.08. The Morgan fingerprint density at radius 2 is 2.31 bits per heavy atom. The summed E-state index contributed by atoms with van der Waals surface area (Å²) in [5.41, 5.74) is 0.757. The van der Waals surface area contributed by atoms with E-state index in [9.17, 15) is 4.39 Å². The maximum absolute atomic E-state index is 13.2. The number of aromatic amines is 1. The summed E-state index contributed by atoms with van der Waals surface area (Å²) in [4.78, 5) is 6.48. The molecule has 0 fully saturated rings. The highest BCUT2D eigenvalue weighted by Crippen LogP contribution is 2.23. The quantitative estimate of drug-likeness (QED) is 0.768. The molecular formula is C8H6ClFN2O. The van der Waals surface area contributed by atoms with Crippen LogP contribution in [0.15, 0.2) is 12.1 Å². The van der Waals surface area contributed by atoms with Crippen LogP contribution in [0.25, 0.3) is 11.0 Å². The molecule has 0 unspecified atom stereocenters. The van der Waals surface area contributed by atoms with Crippen LogP contribution in [-0.4, -0.2) is 17.1 Å². The van der Waals surface area contributed by atoms with E-state index >= 15 is 0 Å². The Hall–Kier alpha value is -1.29. The van der Waals surface area contributed by atoms with Gasteiger partial charge in [-0.3, -0.25) is 0 Å². The van der Waals surface area contributed by atoms with Crippen LogP contribution in [0.3, 0.4) is 0 Å². The lowest BCUT2D eigenvalue weighted by molar-refractivity contribution is 0.412. The number of fused-ring (bicyclic) bond motifs is 1. The maximum Gasteiger partial charge on any atom is 0.201 e. The molecule has 5 heteroatoms. The maximum atomic E-state index is 13.2. The molecular weight excluding hydrogens is 195 g/mol. The molecule has 1 N–H and O–H groups in total. The van der Waals surface area contributed by atoms with Crippen LogP contribution in [-0.2, 0) is 0 Å². The van der Waals surface area contributed by atoms with Gasteiger partial charge in [0.15, 0.2) is 5.82 Å². The molecule has 0 spiro atoms. The standard InChI is InChI=1S/C8H6ClFN2O/c1-13-4-2-5(10)7-6(3-4)11-8(9)12-7/h2-3H,1H3,(H,11,12). The summed E-state index contributed by atoms with van der Waals surface area (Å²) in [6, 6.07) is 2.90. The molecule has 0 bridgehead atoms. The van der Waals surface area contributed by atoms with Gasteiger partial charge in [-0.15, -0.1) is 0 Å². The van der Waals surface area contributed by atoms with Crippen molar-refractivity contribution in [1.82, 2.24) is 9.97 Å². The lowest BCUT2D eigenvalue weighted by Gasteiger charge is -1.98. The number of H-pyrrole nitrogens is 1. The molecule has 1 heterocycles. The Morgan fingerprint density at radius 1 is 1.54 bits per heavy atom. The summed E-state index contributed by atoms with van der Waals surface area (Å²) in [5.74, 6) is -0.0113. The number of methoxy groups -OCH3 is 1. The summed E-state index contributed by atoms with van der Waals surface area (Å²) < 4.78 is 18.1. The first-order valence-electron chi connectivity index (χ1n) is 3.59. The molecule has 2 rings (SSSR count). The lowest BCUT2D eigenvalue weighted by Crippen LogP contribution is -1.85. The summed E-state index contributed by atoms with van der Waals surface area (Å²) in [5, 5.41) is 0.169. The molecule has 0 aliphatic rings. The van der Waals surface area contributed by atoms with E-state index in [0.717, 1.165) is 0 Å². The van der Waals surface area contributed by atoms with Crippen molar-refractivity contribution >= 4 is 22.6 Å². The fourth-order valence-electron chi connectivity index (χ4n) is 1.14. The van der Waals surface area contributed by atoms with Crippen molar-refractivity contribution in [2.75, 3.05) is 7.11 Å². The Labute approximate surface area is 78.5 Å². The van der Waals surface area contributed by atoms with Crippen LogP contribution in [0.5, 0.6) is 5.75 Å². The van der Waals surface area contributed by atoms with Crippen LogP contribution >= 0.6 is 11.6 Å². The summed E-state index contributed by atoms with van der Waals surface area (Å²) >= 11 is 5.58. The van der Waals surface area contributed by atoms with E-state index in [1.165, 1.54) is 13.2 Å². The highest BCUT2D eigenvalue weighted by atomic mass is 35.5. The average Bonchev–Trinajstić information content (AvgIpc) is 2.46. The molecule has 68 valence electrons. The minimum atomic E-state index is -0.447. The normalized spacial score (nSPS) is 10.7. The van der Waals surface area contributed by atoms with Crippen LogP contribution < -0.4 is 4.74 Å². The van der Waals surface area contributed by atoms with Crippen molar-refractivity contribution in [3.05, 3.63) is 23.2 Å². The van der Waals surface area contributed by atoms with E-state index in [1.54, 1.807) is 6.07 Å². The molecule has 0 radical (unpaired) electrons. The predicted octanol–water partition coefficient (Wildman–Crippen LogP) is 2.36. The van der Waals surface area contributed by atoms with E-state index < -0.39 is 5.82 Å². The highest BCUT2D eigenvalue weighted by molar-refractivity contribution is 6.29. The van der Waals surface area contributed by atoms with Gasteiger partial charge in [-0.25, -0.2) is 9.37 Å². The largest absolute Gasteiger partial charge is 0.497 e.